The molecule has 106 valence electrons. The number of nitrogens with zero attached hydrogens (tertiary/aromatic N) is 2. The maximum absolute atomic E-state index is 5.68. The summed E-state index contributed by atoms with van der Waals surface area (Å²) < 4.78 is 6.74. The molecule has 0 aliphatic rings. The van der Waals surface area contributed by atoms with E-state index in [9.17, 15) is 0 Å². The second kappa shape index (κ2) is 7.90. The number of halogens is 1. The Hall–Kier alpha value is -0.720. The number of aryl methyl sites for hydroxylation is 1. The van der Waals surface area contributed by atoms with Crippen LogP contribution in [0.4, 0.5) is 0 Å². The van der Waals surface area contributed by atoms with Gasteiger partial charge in [0.25, 0.3) is 0 Å². The lowest BCUT2D eigenvalue weighted by atomic mass is 10.3. The van der Waals surface area contributed by atoms with Crippen molar-refractivity contribution in [3.8, 4) is 5.75 Å². The fraction of sp³-hybridized carbons (Fsp3) is 0.286. The molecule has 0 fully saturated rings. The summed E-state index contributed by atoms with van der Waals surface area (Å²) in [6, 6.07) is 9.86. The average molecular weight is 371 g/mol. The molecule has 1 aromatic heterocycles. The van der Waals surface area contributed by atoms with Crippen molar-refractivity contribution in [2.45, 2.75) is 17.1 Å². The van der Waals surface area contributed by atoms with Gasteiger partial charge in [-0.15, -0.1) is 11.8 Å². The molecule has 0 spiro atoms. The van der Waals surface area contributed by atoms with Crippen LogP contribution in [-0.4, -0.2) is 28.6 Å². The van der Waals surface area contributed by atoms with E-state index in [2.05, 4.69) is 25.9 Å². The van der Waals surface area contributed by atoms with Crippen LogP contribution in [0.1, 0.15) is 5.69 Å². The van der Waals surface area contributed by atoms with Crippen molar-refractivity contribution < 1.29 is 4.74 Å². The lowest BCUT2D eigenvalue weighted by Gasteiger charge is -2.06. The quantitative estimate of drug-likeness (QED) is 0.325. The van der Waals surface area contributed by atoms with Gasteiger partial charge < -0.3 is 4.74 Å². The van der Waals surface area contributed by atoms with E-state index in [0.29, 0.717) is 6.61 Å². The summed E-state index contributed by atoms with van der Waals surface area (Å²) in [6.07, 6.45) is 1.99. The van der Waals surface area contributed by atoms with E-state index >= 15 is 0 Å². The van der Waals surface area contributed by atoms with Gasteiger partial charge in [0.2, 0.25) is 0 Å². The van der Waals surface area contributed by atoms with Crippen molar-refractivity contribution in [3.05, 3.63) is 40.5 Å². The van der Waals surface area contributed by atoms with Crippen LogP contribution in [0, 0.1) is 6.92 Å². The molecule has 0 saturated heterocycles. The topological polar surface area (TPSA) is 35.0 Å². The highest BCUT2D eigenvalue weighted by atomic mass is 79.9. The molecule has 2 aromatic rings. The Balaban J connectivity index is 1.81. The second-order valence-corrected chi connectivity index (χ2v) is 6.79. The molecule has 0 N–H and O–H groups in total. The van der Waals surface area contributed by atoms with Gasteiger partial charge in [0.15, 0.2) is 5.16 Å². The molecule has 0 aliphatic carbocycles. The fourth-order valence-corrected chi connectivity index (χ4v) is 3.04. The first-order valence-electron chi connectivity index (χ1n) is 6.08. The summed E-state index contributed by atoms with van der Waals surface area (Å²) >= 11 is 6.65. The number of benzene rings is 1. The number of aromatic nitrogens is 2. The highest BCUT2D eigenvalue weighted by Gasteiger charge is 2.02. The van der Waals surface area contributed by atoms with Crippen LogP contribution in [-0.2, 0) is 0 Å². The number of hydrogen-bond acceptors (Lipinski definition) is 5. The summed E-state index contributed by atoms with van der Waals surface area (Å²) in [7, 11) is 0. The Kier molecular flexibility index (Phi) is 6.19. The van der Waals surface area contributed by atoms with Crippen molar-refractivity contribution in [2.24, 2.45) is 0 Å². The molecular formula is C14H15BrN2OS2. The van der Waals surface area contributed by atoms with E-state index in [1.54, 1.807) is 23.5 Å². The maximum Gasteiger partial charge on any atom is 0.188 e. The SMILES string of the molecule is CSc1nc(C)cc(SCCOc2ccc(Br)cc2)n1. The number of rotatable bonds is 6. The van der Waals surface area contributed by atoms with Crippen LogP contribution in [0.5, 0.6) is 5.75 Å². The Labute approximate surface area is 136 Å². The Bertz CT molecular complexity index is 564. The Morgan fingerprint density at radius 1 is 1.20 bits per heavy atom. The van der Waals surface area contributed by atoms with Gasteiger partial charge in [0.1, 0.15) is 10.8 Å². The van der Waals surface area contributed by atoms with E-state index in [-0.39, 0.29) is 0 Å². The largest absolute Gasteiger partial charge is 0.493 e. The van der Waals surface area contributed by atoms with Crippen LogP contribution < -0.4 is 4.74 Å². The molecule has 20 heavy (non-hydrogen) atoms. The molecule has 0 bridgehead atoms. The van der Waals surface area contributed by atoms with Gasteiger partial charge >= 0.3 is 0 Å². The van der Waals surface area contributed by atoms with Crippen molar-refractivity contribution in [3.63, 3.8) is 0 Å². The molecule has 1 heterocycles. The van der Waals surface area contributed by atoms with E-state index in [0.717, 1.165) is 31.9 Å². The van der Waals surface area contributed by atoms with Crippen LogP contribution in [0.15, 0.2) is 45.0 Å². The first kappa shape index (κ1) is 15.7. The highest BCUT2D eigenvalue weighted by Crippen LogP contribution is 2.20. The maximum atomic E-state index is 5.68. The molecule has 0 saturated carbocycles. The third-order valence-corrected chi connectivity index (χ3v) is 4.36. The van der Waals surface area contributed by atoms with Crippen LogP contribution in [0.2, 0.25) is 0 Å². The summed E-state index contributed by atoms with van der Waals surface area (Å²) in [5.41, 5.74) is 1.00. The van der Waals surface area contributed by atoms with Crippen molar-refractivity contribution in [1.82, 2.24) is 9.97 Å². The van der Waals surface area contributed by atoms with Crippen molar-refractivity contribution in [1.29, 1.82) is 0 Å². The third kappa shape index (κ3) is 5.00. The van der Waals surface area contributed by atoms with Gasteiger partial charge in [-0.3, -0.25) is 0 Å². The average Bonchev–Trinajstić information content (AvgIpc) is 2.45. The summed E-state index contributed by atoms with van der Waals surface area (Å²) in [6.45, 7) is 2.65. The van der Waals surface area contributed by atoms with Gasteiger partial charge in [0, 0.05) is 15.9 Å². The lowest BCUT2D eigenvalue weighted by molar-refractivity contribution is 0.344. The van der Waals surface area contributed by atoms with Gasteiger partial charge in [0.05, 0.1) is 6.61 Å². The molecule has 6 heteroatoms. The van der Waals surface area contributed by atoms with E-state index in [4.69, 9.17) is 4.74 Å². The zero-order valence-corrected chi connectivity index (χ0v) is 14.5. The predicted molar refractivity (Wildman–Crippen MR) is 88.9 cm³/mol. The van der Waals surface area contributed by atoms with Crippen LogP contribution in [0.3, 0.4) is 0 Å². The third-order valence-electron chi connectivity index (χ3n) is 2.41. The number of hydrogen-bond donors (Lipinski definition) is 0. The monoisotopic (exact) mass is 370 g/mol. The standard InChI is InChI=1S/C14H15BrN2OS2/c1-10-9-13(17-14(16-10)19-2)20-8-7-18-12-5-3-11(15)4-6-12/h3-6,9H,7-8H2,1-2H3. The molecule has 0 amide bonds. The van der Waals surface area contributed by atoms with Crippen LogP contribution in [0.25, 0.3) is 0 Å². The minimum absolute atomic E-state index is 0.657. The molecule has 3 nitrogen and oxygen atoms in total. The van der Waals surface area contributed by atoms with Gasteiger partial charge in [-0.1, -0.05) is 27.7 Å². The second-order valence-electron chi connectivity index (χ2n) is 3.99. The first-order valence-corrected chi connectivity index (χ1v) is 9.08. The molecule has 0 radical (unpaired) electrons. The minimum Gasteiger partial charge on any atom is -0.493 e. The number of thioether (sulfide) groups is 2. The molecule has 0 aliphatic heterocycles. The van der Waals surface area contributed by atoms with Crippen molar-refractivity contribution >= 4 is 39.5 Å². The normalized spacial score (nSPS) is 10.6. The van der Waals surface area contributed by atoms with Gasteiger partial charge in [-0.2, -0.15) is 0 Å². The zero-order chi connectivity index (χ0) is 14.4. The van der Waals surface area contributed by atoms with Crippen molar-refractivity contribution in [2.75, 3.05) is 18.6 Å². The molecule has 1 aromatic carbocycles. The highest BCUT2D eigenvalue weighted by molar-refractivity contribution is 9.10. The molecule has 2 rings (SSSR count). The summed E-state index contributed by atoms with van der Waals surface area (Å²) in [5.74, 6) is 1.75. The molecule has 0 atom stereocenters. The fourth-order valence-electron chi connectivity index (χ4n) is 1.52. The van der Waals surface area contributed by atoms with Gasteiger partial charge in [-0.25, -0.2) is 9.97 Å². The van der Waals surface area contributed by atoms with E-state index < -0.39 is 0 Å². The Morgan fingerprint density at radius 2 is 1.95 bits per heavy atom. The smallest absolute Gasteiger partial charge is 0.188 e. The molecular weight excluding hydrogens is 356 g/mol. The van der Waals surface area contributed by atoms with Crippen LogP contribution >= 0.6 is 39.5 Å². The first-order chi connectivity index (χ1) is 9.67. The van der Waals surface area contributed by atoms with E-state index in [1.807, 2.05) is 43.5 Å². The minimum atomic E-state index is 0.657. The lowest BCUT2D eigenvalue weighted by Crippen LogP contribution is -2.01. The molecule has 0 unspecified atom stereocenters. The Morgan fingerprint density at radius 3 is 2.65 bits per heavy atom. The predicted octanol–water partition coefficient (Wildman–Crippen LogP) is 4.44. The zero-order valence-electron chi connectivity index (χ0n) is 11.3. The number of ether oxygens (including phenoxy) is 1. The summed E-state index contributed by atoms with van der Waals surface area (Å²) in [4.78, 5) is 8.80. The summed E-state index contributed by atoms with van der Waals surface area (Å²) in [5, 5.41) is 1.82. The van der Waals surface area contributed by atoms with E-state index in [1.165, 1.54) is 0 Å². The van der Waals surface area contributed by atoms with Gasteiger partial charge in [-0.05, 0) is 43.5 Å².